The molecule has 0 radical (unpaired) electrons. The summed E-state index contributed by atoms with van der Waals surface area (Å²) in [6.07, 6.45) is 0.898. The van der Waals surface area contributed by atoms with Crippen LogP contribution in [0.5, 0.6) is 5.75 Å². The number of nitrogen functional groups attached to an aromatic ring is 1. The maximum absolute atomic E-state index is 13.4. The van der Waals surface area contributed by atoms with Gasteiger partial charge in [0.1, 0.15) is 23.1 Å². The van der Waals surface area contributed by atoms with Crippen LogP contribution in [0.15, 0.2) is 36.4 Å². The first-order valence-corrected chi connectivity index (χ1v) is 6.09. The molecule has 100 valence electrons. The number of ether oxygens (including phenoxy) is 1. The highest BCUT2D eigenvalue weighted by atomic mass is 19.1. The predicted molar refractivity (Wildman–Crippen MR) is 72.0 cm³/mol. The van der Waals surface area contributed by atoms with Crippen molar-refractivity contribution in [1.82, 2.24) is 0 Å². The van der Waals surface area contributed by atoms with E-state index in [-0.39, 0.29) is 0 Å². The summed E-state index contributed by atoms with van der Waals surface area (Å²) >= 11 is 0. The summed E-state index contributed by atoms with van der Waals surface area (Å²) in [6.45, 7) is 2.61. The molecule has 2 nitrogen and oxygen atoms in total. The van der Waals surface area contributed by atoms with Gasteiger partial charge in [0.2, 0.25) is 0 Å². The molecule has 2 aromatic carbocycles. The maximum atomic E-state index is 13.4. The maximum Gasteiger partial charge on any atom is 0.149 e. The number of hydrogen-bond donors (Lipinski definition) is 1. The van der Waals surface area contributed by atoms with Crippen LogP contribution in [-0.2, 0) is 0 Å². The summed E-state index contributed by atoms with van der Waals surface area (Å²) in [7, 11) is 0. The second-order valence-corrected chi connectivity index (χ2v) is 4.23. The number of rotatable bonds is 4. The molecule has 19 heavy (non-hydrogen) atoms. The molecule has 0 bridgehead atoms. The van der Waals surface area contributed by atoms with E-state index in [0.717, 1.165) is 6.42 Å². The van der Waals surface area contributed by atoms with Crippen molar-refractivity contribution >= 4 is 5.69 Å². The third kappa shape index (κ3) is 3.02. The third-order valence-corrected chi connectivity index (χ3v) is 2.72. The van der Waals surface area contributed by atoms with Gasteiger partial charge in [-0.1, -0.05) is 19.1 Å². The molecule has 0 fully saturated rings. The lowest BCUT2D eigenvalue weighted by Crippen LogP contribution is -1.97. The zero-order valence-corrected chi connectivity index (χ0v) is 10.6. The SMILES string of the molecule is CCCOc1cccc(-c2cc(F)c(N)c(F)c2)c1. The summed E-state index contributed by atoms with van der Waals surface area (Å²) in [6, 6.07) is 9.55. The third-order valence-electron chi connectivity index (χ3n) is 2.72. The first-order chi connectivity index (χ1) is 9.11. The Balaban J connectivity index is 2.36. The van der Waals surface area contributed by atoms with Crippen molar-refractivity contribution in [2.75, 3.05) is 12.3 Å². The second kappa shape index (κ2) is 5.69. The quantitative estimate of drug-likeness (QED) is 0.846. The highest BCUT2D eigenvalue weighted by Crippen LogP contribution is 2.28. The predicted octanol–water partition coefficient (Wildman–Crippen LogP) is 4.00. The van der Waals surface area contributed by atoms with E-state index in [1.54, 1.807) is 18.2 Å². The lowest BCUT2D eigenvalue weighted by Gasteiger charge is -2.08. The topological polar surface area (TPSA) is 35.2 Å². The Morgan fingerprint density at radius 2 is 1.74 bits per heavy atom. The summed E-state index contributed by atoms with van der Waals surface area (Å²) in [5.74, 6) is -0.832. The molecule has 0 atom stereocenters. The van der Waals surface area contributed by atoms with Gasteiger partial charge in [0.15, 0.2) is 0 Å². The van der Waals surface area contributed by atoms with Crippen molar-refractivity contribution in [3.8, 4) is 16.9 Å². The molecule has 0 aliphatic carbocycles. The first-order valence-electron chi connectivity index (χ1n) is 6.09. The number of benzene rings is 2. The van der Waals surface area contributed by atoms with Gasteiger partial charge in [-0.2, -0.15) is 0 Å². The highest BCUT2D eigenvalue weighted by molar-refractivity contribution is 5.67. The van der Waals surface area contributed by atoms with E-state index in [2.05, 4.69) is 0 Å². The minimum absolute atomic E-state index is 0.436. The van der Waals surface area contributed by atoms with Gasteiger partial charge in [0, 0.05) is 0 Å². The number of halogens is 2. The van der Waals surface area contributed by atoms with Crippen molar-refractivity contribution in [3.05, 3.63) is 48.0 Å². The zero-order chi connectivity index (χ0) is 13.8. The van der Waals surface area contributed by atoms with E-state index < -0.39 is 17.3 Å². The van der Waals surface area contributed by atoms with Crippen molar-refractivity contribution in [1.29, 1.82) is 0 Å². The van der Waals surface area contributed by atoms with Crippen LogP contribution >= 0.6 is 0 Å². The van der Waals surface area contributed by atoms with Crippen LogP contribution in [0.3, 0.4) is 0 Å². The van der Waals surface area contributed by atoms with Crippen LogP contribution < -0.4 is 10.5 Å². The fourth-order valence-corrected chi connectivity index (χ4v) is 1.74. The molecule has 0 amide bonds. The second-order valence-electron chi connectivity index (χ2n) is 4.23. The van der Waals surface area contributed by atoms with E-state index in [9.17, 15) is 8.78 Å². The zero-order valence-electron chi connectivity index (χ0n) is 10.6. The van der Waals surface area contributed by atoms with E-state index >= 15 is 0 Å². The van der Waals surface area contributed by atoms with E-state index in [1.807, 2.05) is 13.0 Å². The lowest BCUT2D eigenvalue weighted by molar-refractivity contribution is 0.317. The standard InChI is InChI=1S/C15H15F2NO/c1-2-6-19-12-5-3-4-10(7-12)11-8-13(16)15(18)14(17)9-11/h3-5,7-9H,2,6,18H2,1H3. The van der Waals surface area contributed by atoms with Gasteiger partial charge >= 0.3 is 0 Å². The van der Waals surface area contributed by atoms with Crippen molar-refractivity contribution in [3.63, 3.8) is 0 Å². The molecule has 0 saturated carbocycles. The Hall–Kier alpha value is -2.10. The molecule has 4 heteroatoms. The van der Waals surface area contributed by atoms with Crippen LogP contribution in [0.25, 0.3) is 11.1 Å². The molecule has 0 saturated heterocycles. The minimum atomic E-state index is -0.755. The van der Waals surface area contributed by atoms with Gasteiger partial charge < -0.3 is 10.5 Å². The van der Waals surface area contributed by atoms with Crippen molar-refractivity contribution in [2.24, 2.45) is 0 Å². The van der Waals surface area contributed by atoms with Gasteiger partial charge in [-0.15, -0.1) is 0 Å². The minimum Gasteiger partial charge on any atom is -0.494 e. The van der Waals surface area contributed by atoms with Crippen LogP contribution in [0, 0.1) is 11.6 Å². The fourth-order valence-electron chi connectivity index (χ4n) is 1.74. The van der Waals surface area contributed by atoms with E-state index in [0.29, 0.717) is 23.5 Å². The molecule has 0 aliphatic heterocycles. The van der Waals surface area contributed by atoms with Crippen LogP contribution in [0.1, 0.15) is 13.3 Å². The summed E-state index contributed by atoms with van der Waals surface area (Å²) in [4.78, 5) is 0. The molecule has 0 unspecified atom stereocenters. The molecular weight excluding hydrogens is 248 g/mol. The van der Waals surface area contributed by atoms with Crippen LogP contribution in [0.4, 0.5) is 14.5 Å². The van der Waals surface area contributed by atoms with Gasteiger partial charge in [-0.25, -0.2) is 8.78 Å². The summed E-state index contributed by atoms with van der Waals surface area (Å²) in [5, 5.41) is 0. The van der Waals surface area contributed by atoms with Gasteiger partial charge in [0.25, 0.3) is 0 Å². The monoisotopic (exact) mass is 263 g/mol. The van der Waals surface area contributed by atoms with E-state index in [1.165, 1.54) is 12.1 Å². The Bertz CT molecular complexity index is 561. The van der Waals surface area contributed by atoms with Crippen LogP contribution in [-0.4, -0.2) is 6.61 Å². The first kappa shape index (κ1) is 13.3. The Kier molecular flexibility index (Phi) is 4.00. The fraction of sp³-hybridized carbons (Fsp3) is 0.200. The Labute approximate surface area is 110 Å². The average Bonchev–Trinajstić information content (AvgIpc) is 2.42. The molecule has 2 rings (SSSR count). The summed E-state index contributed by atoms with van der Waals surface area (Å²) < 4.78 is 32.4. The molecule has 2 aromatic rings. The largest absolute Gasteiger partial charge is 0.494 e. The van der Waals surface area contributed by atoms with Gasteiger partial charge in [-0.05, 0) is 41.8 Å². The average molecular weight is 263 g/mol. The van der Waals surface area contributed by atoms with Gasteiger partial charge in [-0.3, -0.25) is 0 Å². The number of nitrogens with two attached hydrogens (primary N) is 1. The molecular formula is C15H15F2NO. The lowest BCUT2D eigenvalue weighted by atomic mass is 10.0. The molecule has 0 aromatic heterocycles. The smallest absolute Gasteiger partial charge is 0.149 e. The molecule has 2 N–H and O–H groups in total. The molecule has 0 aliphatic rings. The number of hydrogen-bond acceptors (Lipinski definition) is 2. The van der Waals surface area contributed by atoms with E-state index in [4.69, 9.17) is 10.5 Å². The number of anilines is 1. The van der Waals surface area contributed by atoms with Gasteiger partial charge in [0.05, 0.1) is 6.61 Å². The normalized spacial score (nSPS) is 10.5. The summed E-state index contributed by atoms with van der Waals surface area (Å²) in [5.41, 5.74) is 5.92. The Morgan fingerprint density at radius 3 is 2.37 bits per heavy atom. The van der Waals surface area contributed by atoms with Crippen molar-refractivity contribution < 1.29 is 13.5 Å². The van der Waals surface area contributed by atoms with Crippen LogP contribution in [0.2, 0.25) is 0 Å². The molecule has 0 spiro atoms. The highest BCUT2D eigenvalue weighted by Gasteiger charge is 2.09. The molecule has 0 heterocycles. The van der Waals surface area contributed by atoms with Crippen molar-refractivity contribution in [2.45, 2.75) is 13.3 Å². The Morgan fingerprint density at radius 1 is 1.05 bits per heavy atom.